The highest BCUT2D eigenvalue weighted by molar-refractivity contribution is 5.85. The first-order chi connectivity index (χ1) is 4.41. The summed E-state index contributed by atoms with van der Waals surface area (Å²) in [5.41, 5.74) is 10.5. The molecule has 0 bridgehead atoms. The Morgan fingerprint density at radius 1 is 0.818 bits per heavy atom. The van der Waals surface area contributed by atoms with Crippen LogP contribution in [0, 0.1) is 0 Å². The van der Waals surface area contributed by atoms with Crippen molar-refractivity contribution in [3.8, 4) is 0 Å². The van der Waals surface area contributed by atoms with E-state index in [4.69, 9.17) is 16.2 Å². The summed E-state index contributed by atoms with van der Waals surface area (Å²) >= 11 is 0. The number of nitrogens with two attached hydrogens (primary N) is 2. The van der Waals surface area contributed by atoms with Crippen LogP contribution in [0.2, 0.25) is 0 Å². The van der Waals surface area contributed by atoms with Gasteiger partial charge in [-0.05, 0) is 25.9 Å². The first kappa shape index (κ1) is 17.5. The fraction of sp³-hybridized carbons (Fsp3) is 1.00. The molecule has 0 saturated heterocycles. The average molecular weight is 205 g/mol. The van der Waals surface area contributed by atoms with Crippen molar-refractivity contribution in [2.75, 3.05) is 26.3 Å². The van der Waals surface area contributed by atoms with E-state index in [0.29, 0.717) is 13.1 Å². The van der Waals surface area contributed by atoms with Crippen LogP contribution in [0.5, 0.6) is 0 Å². The molecule has 0 atom stereocenters. The molecule has 0 rings (SSSR count). The van der Waals surface area contributed by atoms with Gasteiger partial charge in [0.15, 0.2) is 0 Å². The van der Waals surface area contributed by atoms with Gasteiger partial charge in [0.1, 0.15) is 0 Å². The van der Waals surface area contributed by atoms with E-state index in [1.807, 2.05) is 0 Å². The van der Waals surface area contributed by atoms with Crippen LogP contribution in [0.3, 0.4) is 0 Å². The van der Waals surface area contributed by atoms with Crippen molar-refractivity contribution < 1.29 is 4.74 Å². The highest BCUT2D eigenvalue weighted by Gasteiger charge is 1.84. The number of hydrogen-bond donors (Lipinski definition) is 2. The summed E-state index contributed by atoms with van der Waals surface area (Å²) in [7, 11) is 0. The van der Waals surface area contributed by atoms with Gasteiger partial charge in [-0.1, -0.05) is 0 Å². The predicted octanol–water partition coefficient (Wildman–Crippen LogP) is 0.544. The first-order valence-corrected chi connectivity index (χ1v) is 3.39. The van der Waals surface area contributed by atoms with Crippen molar-refractivity contribution in [3.05, 3.63) is 0 Å². The lowest BCUT2D eigenvalue weighted by molar-refractivity contribution is 0.132. The minimum absolute atomic E-state index is 0. The van der Waals surface area contributed by atoms with E-state index in [0.717, 1.165) is 26.1 Å². The Kier molecular flexibility index (Phi) is 26.8. The van der Waals surface area contributed by atoms with Gasteiger partial charge >= 0.3 is 0 Å². The molecule has 3 nitrogen and oxygen atoms in total. The maximum atomic E-state index is 5.24. The minimum Gasteiger partial charge on any atom is -0.381 e. The monoisotopic (exact) mass is 204 g/mol. The summed E-state index contributed by atoms with van der Waals surface area (Å²) in [6.07, 6.45) is 1.90. The van der Waals surface area contributed by atoms with E-state index in [-0.39, 0.29) is 24.8 Å². The zero-order valence-electron chi connectivity index (χ0n) is 6.62. The average Bonchev–Trinajstić information content (AvgIpc) is 1.89. The SMILES string of the molecule is Cl.Cl.NCCCOCCCN. The molecule has 0 aromatic rings. The van der Waals surface area contributed by atoms with Crippen molar-refractivity contribution in [3.63, 3.8) is 0 Å². The molecule has 0 spiro atoms. The summed E-state index contributed by atoms with van der Waals surface area (Å²) < 4.78 is 5.15. The zero-order chi connectivity index (χ0) is 6.95. The second-order valence-corrected chi connectivity index (χ2v) is 1.90. The minimum atomic E-state index is 0. The Morgan fingerprint density at radius 2 is 1.18 bits per heavy atom. The Balaban J connectivity index is -0.000000320. The largest absolute Gasteiger partial charge is 0.381 e. The molecule has 0 heterocycles. The van der Waals surface area contributed by atoms with Gasteiger partial charge in [-0.15, -0.1) is 24.8 Å². The fourth-order valence-electron chi connectivity index (χ4n) is 0.473. The molecular formula is C6H18Cl2N2O. The Labute approximate surface area is 80.7 Å². The zero-order valence-corrected chi connectivity index (χ0v) is 8.26. The summed E-state index contributed by atoms with van der Waals surface area (Å²) in [6, 6.07) is 0. The summed E-state index contributed by atoms with van der Waals surface area (Å²) in [6.45, 7) is 2.97. The normalized spacial score (nSPS) is 8.18. The lowest BCUT2D eigenvalue weighted by Crippen LogP contribution is -2.08. The lowest BCUT2D eigenvalue weighted by atomic mass is 10.4. The van der Waals surface area contributed by atoms with Crippen LogP contribution in [-0.4, -0.2) is 26.3 Å². The Bertz CT molecular complexity index is 51.8. The molecule has 5 heteroatoms. The number of halogens is 2. The second kappa shape index (κ2) is 16.8. The third-order valence-corrected chi connectivity index (χ3v) is 0.986. The van der Waals surface area contributed by atoms with Crippen LogP contribution in [0.25, 0.3) is 0 Å². The van der Waals surface area contributed by atoms with Crippen molar-refractivity contribution in [2.24, 2.45) is 11.5 Å². The van der Waals surface area contributed by atoms with Crippen molar-refractivity contribution in [2.45, 2.75) is 12.8 Å². The van der Waals surface area contributed by atoms with Gasteiger partial charge in [-0.2, -0.15) is 0 Å². The second-order valence-electron chi connectivity index (χ2n) is 1.90. The van der Waals surface area contributed by atoms with Crippen LogP contribution in [0.1, 0.15) is 12.8 Å². The van der Waals surface area contributed by atoms with Crippen LogP contribution in [0.4, 0.5) is 0 Å². The molecule has 0 saturated carbocycles. The maximum Gasteiger partial charge on any atom is 0.0478 e. The van der Waals surface area contributed by atoms with Crippen molar-refractivity contribution in [1.82, 2.24) is 0 Å². The molecule has 0 aromatic heterocycles. The fourth-order valence-corrected chi connectivity index (χ4v) is 0.473. The van der Waals surface area contributed by atoms with Gasteiger partial charge < -0.3 is 16.2 Å². The third kappa shape index (κ3) is 17.9. The van der Waals surface area contributed by atoms with Crippen molar-refractivity contribution >= 4 is 24.8 Å². The smallest absolute Gasteiger partial charge is 0.0478 e. The number of ether oxygens (including phenoxy) is 1. The van der Waals surface area contributed by atoms with E-state index >= 15 is 0 Å². The molecule has 4 N–H and O–H groups in total. The highest BCUT2D eigenvalue weighted by atomic mass is 35.5. The van der Waals surface area contributed by atoms with E-state index in [1.165, 1.54) is 0 Å². The topological polar surface area (TPSA) is 61.3 Å². The highest BCUT2D eigenvalue weighted by Crippen LogP contribution is 1.81. The van der Waals surface area contributed by atoms with Gasteiger partial charge in [0, 0.05) is 13.2 Å². The van der Waals surface area contributed by atoms with Gasteiger partial charge in [0.25, 0.3) is 0 Å². The van der Waals surface area contributed by atoms with E-state index in [2.05, 4.69) is 0 Å². The van der Waals surface area contributed by atoms with Crippen LogP contribution in [-0.2, 0) is 4.74 Å². The van der Waals surface area contributed by atoms with E-state index in [1.54, 1.807) is 0 Å². The van der Waals surface area contributed by atoms with Crippen LogP contribution < -0.4 is 11.5 Å². The molecule has 0 radical (unpaired) electrons. The van der Waals surface area contributed by atoms with Gasteiger partial charge in [-0.3, -0.25) is 0 Å². The number of rotatable bonds is 6. The first-order valence-electron chi connectivity index (χ1n) is 3.39. The van der Waals surface area contributed by atoms with Crippen LogP contribution in [0.15, 0.2) is 0 Å². The van der Waals surface area contributed by atoms with Crippen LogP contribution >= 0.6 is 24.8 Å². The molecule has 72 valence electrons. The maximum absolute atomic E-state index is 5.24. The predicted molar refractivity (Wildman–Crippen MR) is 52.7 cm³/mol. The van der Waals surface area contributed by atoms with Gasteiger partial charge in [0.2, 0.25) is 0 Å². The van der Waals surface area contributed by atoms with E-state index in [9.17, 15) is 0 Å². The van der Waals surface area contributed by atoms with Crippen molar-refractivity contribution in [1.29, 1.82) is 0 Å². The third-order valence-electron chi connectivity index (χ3n) is 0.986. The number of hydrogen-bond acceptors (Lipinski definition) is 3. The van der Waals surface area contributed by atoms with Gasteiger partial charge in [0.05, 0.1) is 0 Å². The Morgan fingerprint density at radius 3 is 1.45 bits per heavy atom. The summed E-state index contributed by atoms with van der Waals surface area (Å²) in [5.74, 6) is 0. The molecule has 0 aromatic carbocycles. The quantitative estimate of drug-likeness (QED) is 0.622. The molecule has 0 aliphatic rings. The lowest BCUT2D eigenvalue weighted by Gasteiger charge is -1.99. The molecule has 0 aliphatic heterocycles. The van der Waals surface area contributed by atoms with Gasteiger partial charge in [-0.25, -0.2) is 0 Å². The molecule has 11 heavy (non-hydrogen) atoms. The molecular weight excluding hydrogens is 187 g/mol. The molecule has 0 unspecified atom stereocenters. The molecule has 0 fully saturated rings. The Hall–Kier alpha value is 0.460. The van der Waals surface area contributed by atoms with E-state index < -0.39 is 0 Å². The summed E-state index contributed by atoms with van der Waals surface area (Å²) in [4.78, 5) is 0. The summed E-state index contributed by atoms with van der Waals surface area (Å²) in [5, 5.41) is 0. The molecule has 0 amide bonds. The molecule has 0 aliphatic carbocycles. The standard InChI is InChI=1S/C6H16N2O.2ClH/c7-3-1-5-9-6-2-4-8;;/h1-8H2;2*1H.